The Morgan fingerprint density at radius 2 is 1.52 bits per heavy atom. The van der Waals surface area contributed by atoms with E-state index in [1.54, 1.807) is 72.6 Å². The van der Waals surface area contributed by atoms with Crippen LogP contribution in [-0.2, 0) is 25.5 Å². The van der Waals surface area contributed by atoms with Gasteiger partial charge in [0.25, 0.3) is 5.91 Å². The quantitative estimate of drug-likeness (QED) is 0.257. The fourth-order valence-electron chi connectivity index (χ4n) is 4.27. The highest BCUT2D eigenvalue weighted by atomic mass is 16.5. The van der Waals surface area contributed by atoms with E-state index in [9.17, 15) is 19.2 Å². The van der Waals surface area contributed by atoms with Crippen LogP contribution in [0.5, 0.6) is 11.5 Å². The molecule has 0 aliphatic rings. The predicted octanol–water partition coefficient (Wildman–Crippen LogP) is 4.65. The number of carbonyl (C=O) groups excluding carboxylic acids is 4. The van der Waals surface area contributed by atoms with Crippen molar-refractivity contribution < 1.29 is 33.4 Å². The first-order chi connectivity index (χ1) is 21.1. The summed E-state index contributed by atoms with van der Waals surface area (Å²) in [5.41, 5.74) is 2.23. The molecule has 3 aromatic carbocycles. The molecule has 0 saturated heterocycles. The third-order valence-electron chi connectivity index (χ3n) is 6.72. The van der Waals surface area contributed by atoms with Crippen LogP contribution in [0.15, 0.2) is 72.8 Å². The van der Waals surface area contributed by atoms with E-state index in [1.807, 2.05) is 12.1 Å². The Morgan fingerprint density at radius 3 is 2.20 bits per heavy atom. The number of carbonyl (C=O) groups is 4. The molecule has 2 N–H and O–H groups in total. The van der Waals surface area contributed by atoms with Gasteiger partial charge in [0, 0.05) is 19.3 Å². The van der Waals surface area contributed by atoms with E-state index >= 15 is 0 Å². The Kier molecular flexibility index (Phi) is 12.6. The number of para-hydroxylation sites is 4. The Hall–Kier alpha value is -5.06. The SMILES string of the molecule is COC(=O)Cc1cccc(NC(=O)NCC(=O)N(CCC(C)C)c2ccccc2OCC(=O)N(C)c2ccccc2OC)c1. The maximum Gasteiger partial charge on any atom is 0.319 e. The Balaban J connectivity index is 1.69. The number of methoxy groups -OCH3 is 2. The number of anilines is 3. The van der Waals surface area contributed by atoms with Crippen LogP contribution in [0.1, 0.15) is 25.8 Å². The number of nitrogens with zero attached hydrogens (tertiary/aromatic N) is 2. The molecule has 4 amide bonds. The van der Waals surface area contributed by atoms with Gasteiger partial charge in [-0.3, -0.25) is 14.4 Å². The number of benzene rings is 3. The zero-order valence-corrected chi connectivity index (χ0v) is 25.8. The smallest absolute Gasteiger partial charge is 0.319 e. The maximum absolute atomic E-state index is 13.5. The average Bonchev–Trinajstić information content (AvgIpc) is 3.02. The molecule has 0 aromatic heterocycles. The molecule has 11 heteroatoms. The fraction of sp³-hybridized carbons (Fsp3) is 0.333. The molecule has 0 heterocycles. The van der Waals surface area contributed by atoms with Crippen LogP contribution in [0, 0.1) is 5.92 Å². The van der Waals surface area contributed by atoms with E-state index in [0.717, 1.165) is 0 Å². The van der Waals surface area contributed by atoms with Gasteiger partial charge in [-0.2, -0.15) is 0 Å². The lowest BCUT2D eigenvalue weighted by Gasteiger charge is -2.26. The average molecular weight is 605 g/mol. The number of hydrogen-bond acceptors (Lipinski definition) is 7. The van der Waals surface area contributed by atoms with Gasteiger partial charge in [0.1, 0.15) is 11.5 Å². The van der Waals surface area contributed by atoms with Crippen molar-refractivity contribution in [3.05, 3.63) is 78.4 Å². The highest BCUT2D eigenvalue weighted by Gasteiger charge is 2.22. The van der Waals surface area contributed by atoms with Gasteiger partial charge in [-0.1, -0.05) is 50.2 Å². The van der Waals surface area contributed by atoms with Crippen LogP contribution in [0.3, 0.4) is 0 Å². The molecule has 0 aliphatic carbocycles. The topological polar surface area (TPSA) is 127 Å². The lowest BCUT2D eigenvalue weighted by Crippen LogP contribution is -2.42. The van der Waals surface area contributed by atoms with Gasteiger partial charge in [0.2, 0.25) is 5.91 Å². The molecule has 0 bridgehead atoms. The summed E-state index contributed by atoms with van der Waals surface area (Å²) in [6.45, 7) is 3.93. The van der Waals surface area contributed by atoms with Crippen LogP contribution < -0.4 is 29.9 Å². The summed E-state index contributed by atoms with van der Waals surface area (Å²) in [5.74, 6) is 0.170. The predicted molar refractivity (Wildman–Crippen MR) is 169 cm³/mol. The van der Waals surface area contributed by atoms with Crippen LogP contribution in [-0.4, -0.2) is 64.8 Å². The highest BCUT2D eigenvalue weighted by Crippen LogP contribution is 2.30. The number of nitrogens with one attached hydrogen (secondary N) is 2. The number of urea groups is 1. The van der Waals surface area contributed by atoms with Crippen LogP contribution in [0.4, 0.5) is 21.9 Å². The zero-order valence-electron chi connectivity index (χ0n) is 25.8. The second kappa shape index (κ2) is 16.5. The van der Waals surface area contributed by atoms with Gasteiger partial charge < -0.3 is 34.6 Å². The number of rotatable bonds is 14. The van der Waals surface area contributed by atoms with Crippen molar-refractivity contribution in [3.8, 4) is 11.5 Å². The summed E-state index contributed by atoms with van der Waals surface area (Å²) in [6.07, 6.45) is 0.773. The minimum absolute atomic E-state index is 0.0702. The van der Waals surface area contributed by atoms with Crippen molar-refractivity contribution >= 4 is 40.9 Å². The number of amides is 4. The van der Waals surface area contributed by atoms with Crippen molar-refractivity contribution in [3.63, 3.8) is 0 Å². The van der Waals surface area contributed by atoms with Crippen molar-refractivity contribution in [2.24, 2.45) is 5.92 Å². The summed E-state index contributed by atoms with van der Waals surface area (Å²) in [7, 11) is 4.49. The van der Waals surface area contributed by atoms with Crippen LogP contribution in [0.2, 0.25) is 0 Å². The first-order valence-electron chi connectivity index (χ1n) is 14.2. The molecule has 0 unspecified atom stereocenters. The number of esters is 1. The van der Waals surface area contributed by atoms with E-state index in [4.69, 9.17) is 14.2 Å². The molecular formula is C33H40N4O7. The van der Waals surface area contributed by atoms with Crippen LogP contribution >= 0.6 is 0 Å². The standard InChI is InChI=1S/C33H40N4O7/c1-23(2)17-18-37(30(38)21-34-33(41)35-25-12-10-11-24(19-25)20-32(40)43-5)27-14-7-9-16-29(27)44-22-31(39)36(3)26-13-6-8-15-28(26)42-4/h6-16,19,23H,17-18,20-22H2,1-5H3,(H2,34,35,41). The fourth-order valence-corrected chi connectivity index (χ4v) is 4.27. The lowest BCUT2D eigenvalue weighted by molar-refractivity contribution is -0.139. The second-order valence-electron chi connectivity index (χ2n) is 10.4. The molecule has 0 aliphatic heterocycles. The minimum atomic E-state index is -0.577. The summed E-state index contributed by atoms with van der Waals surface area (Å²) >= 11 is 0. The molecule has 44 heavy (non-hydrogen) atoms. The van der Waals surface area contributed by atoms with E-state index < -0.39 is 12.0 Å². The van der Waals surface area contributed by atoms with Crippen molar-refractivity contribution in [1.82, 2.24) is 5.32 Å². The molecule has 11 nitrogen and oxygen atoms in total. The number of hydrogen-bond donors (Lipinski definition) is 2. The van der Waals surface area contributed by atoms with E-state index in [1.165, 1.54) is 19.1 Å². The van der Waals surface area contributed by atoms with E-state index in [0.29, 0.717) is 53.0 Å². The van der Waals surface area contributed by atoms with Crippen LogP contribution in [0.25, 0.3) is 0 Å². The largest absolute Gasteiger partial charge is 0.495 e. The van der Waals surface area contributed by atoms with Crippen molar-refractivity contribution in [2.45, 2.75) is 26.7 Å². The molecule has 0 saturated carbocycles. The molecule has 3 aromatic rings. The summed E-state index contributed by atoms with van der Waals surface area (Å²) in [4.78, 5) is 53.7. The van der Waals surface area contributed by atoms with E-state index in [2.05, 4.69) is 24.5 Å². The maximum atomic E-state index is 13.5. The molecule has 0 fully saturated rings. The van der Waals surface area contributed by atoms with Gasteiger partial charge in [-0.15, -0.1) is 0 Å². The number of ether oxygens (including phenoxy) is 3. The van der Waals surface area contributed by atoms with Gasteiger partial charge in [-0.05, 0) is 54.3 Å². The Labute approximate surface area is 258 Å². The summed E-state index contributed by atoms with van der Waals surface area (Å²) < 4.78 is 16.0. The summed E-state index contributed by atoms with van der Waals surface area (Å²) in [6, 6.07) is 20.4. The zero-order chi connectivity index (χ0) is 32.1. The monoisotopic (exact) mass is 604 g/mol. The summed E-state index contributed by atoms with van der Waals surface area (Å²) in [5, 5.41) is 5.29. The first-order valence-corrected chi connectivity index (χ1v) is 14.2. The third-order valence-corrected chi connectivity index (χ3v) is 6.72. The van der Waals surface area contributed by atoms with E-state index in [-0.39, 0.29) is 31.4 Å². The van der Waals surface area contributed by atoms with Gasteiger partial charge in [0.05, 0.1) is 38.6 Å². The molecule has 0 atom stereocenters. The Morgan fingerprint density at radius 1 is 0.841 bits per heavy atom. The van der Waals surface area contributed by atoms with Gasteiger partial charge >= 0.3 is 12.0 Å². The number of likely N-dealkylation sites (N-methyl/N-ethyl adjacent to an activating group) is 1. The molecule has 0 spiro atoms. The molecule has 3 rings (SSSR count). The molecular weight excluding hydrogens is 564 g/mol. The Bertz CT molecular complexity index is 1440. The normalized spacial score (nSPS) is 10.5. The van der Waals surface area contributed by atoms with Gasteiger partial charge in [-0.25, -0.2) is 4.79 Å². The first kappa shape index (κ1) is 33.4. The third kappa shape index (κ3) is 9.75. The lowest BCUT2D eigenvalue weighted by atomic mass is 10.1. The molecule has 234 valence electrons. The second-order valence-corrected chi connectivity index (χ2v) is 10.4. The highest BCUT2D eigenvalue weighted by molar-refractivity contribution is 6.00. The van der Waals surface area contributed by atoms with Crippen molar-refractivity contribution in [2.75, 3.05) is 56.1 Å². The minimum Gasteiger partial charge on any atom is -0.495 e. The molecule has 0 radical (unpaired) electrons. The van der Waals surface area contributed by atoms with Crippen molar-refractivity contribution in [1.29, 1.82) is 0 Å². The van der Waals surface area contributed by atoms with Gasteiger partial charge in [0.15, 0.2) is 6.61 Å².